The van der Waals surface area contributed by atoms with Gasteiger partial charge in [-0.15, -0.1) is 0 Å². The van der Waals surface area contributed by atoms with Crippen LogP contribution >= 0.6 is 0 Å². The molecule has 5 heteroatoms. The highest BCUT2D eigenvalue weighted by atomic mass is 16.2. The summed E-state index contributed by atoms with van der Waals surface area (Å²) in [5.41, 5.74) is 9.60. The second kappa shape index (κ2) is 13.7. The Balaban J connectivity index is 1.36. The van der Waals surface area contributed by atoms with Crippen molar-refractivity contribution in [1.29, 1.82) is 0 Å². The maximum absolute atomic E-state index is 13.7. The molecule has 0 fully saturated rings. The molecule has 0 saturated carbocycles. The van der Waals surface area contributed by atoms with Gasteiger partial charge in [0.25, 0.3) is 0 Å². The summed E-state index contributed by atoms with van der Waals surface area (Å²) < 4.78 is 0. The Bertz CT molecular complexity index is 1560. The van der Waals surface area contributed by atoms with Gasteiger partial charge in [-0.25, -0.2) is 0 Å². The molecular formula is C38H34N2O3. The van der Waals surface area contributed by atoms with E-state index in [0.29, 0.717) is 5.56 Å². The van der Waals surface area contributed by atoms with Crippen molar-refractivity contribution in [3.8, 4) is 0 Å². The largest absolute Gasteiger partial charge is 0.351 e. The minimum Gasteiger partial charge on any atom is -0.351 e. The number of carbonyl (C=O) groups excluding carboxylic acids is 3. The number of ketones is 2. The molecule has 0 heterocycles. The number of hydrogen-bond donors (Lipinski definition) is 2. The van der Waals surface area contributed by atoms with Crippen LogP contribution in [0, 0.1) is 0 Å². The van der Waals surface area contributed by atoms with Crippen LogP contribution in [0.5, 0.6) is 0 Å². The van der Waals surface area contributed by atoms with Gasteiger partial charge in [-0.3, -0.25) is 14.4 Å². The highest BCUT2D eigenvalue weighted by molar-refractivity contribution is 6.13. The maximum atomic E-state index is 13.7. The van der Waals surface area contributed by atoms with Crippen molar-refractivity contribution in [3.05, 3.63) is 179 Å². The van der Waals surface area contributed by atoms with E-state index in [2.05, 4.69) is 5.32 Å². The summed E-state index contributed by atoms with van der Waals surface area (Å²) in [6.45, 7) is 0.281. The Hall–Kier alpha value is -5.13. The number of nitrogens with two attached hydrogens (primary N) is 1. The van der Waals surface area contributed by atoms with Crippen LogP contribution in [0.2, 0.25) is 0 Å². The van der Waals surface area contributed by atoms with E-state index in [4.69, 9.17) is 5.73 Å². The quantitative estimate of drug-likeness (QED) is 0.184. The van der Waals surface area contributed by atoms with E-state index >= 15 is 0 Å². The van der Waals surface area contributed by atoms with E-state index in [-0.39, 0.29) is 36.9 Å². The van der Waals surface area contributed by atoms with Gasteiger partial charge in [-0.05, 0) is 33.4 Å². The Morgan fingerprint density at radius 2 is 0.930 bits per heavy atom. The fourth-order valence-corrected chi connectivity index (χ4v) is 5.28. The van der Waals surface area contributed by atoms with Gasteiger partial charge < -0.3 is 11.1 Å². The molecule has 214 valence electrons. The molecule has 0 aliphatic rings. The van der Waals surface area contributed by atoms with Gasteiger partial charge in [-0.1, -0.05) is 146 Å². The summed E-state index contributed by atoms with van der Waals surface area (Å²) >= 11 is 0. The molecule has 0 atom stereocenters. The SMILES string of the molecule is NC(C(=O)Cc1ccccc1)(C(=O)Cc1ccccc1)c1ccc(CNC(=O)C(c2ccccc2)c2ccccc2)cc1. The topological polar surface area (TPSA) is 89.3 Å². The lowest BCUT2D eigenvalue weighted by Gasteiger charge is -2.28. The molecule has 0 radical (unpaired) electrons. The van der Waals surface area contributed by atoms with Crippen molar-refractivity contribution in [2.24, 2.45) is 5.73 Å². The molecule has 0 aromatic heterocycles. The van der Waals surface area contributed by atoms with E-state index in [1.54, 1.807) is 12.1 Å². The second-order valence-corrected chi connectivity index (χ2v) is 10.6. The molecule has 0 saturated heterocycles. The highest BCUT2D eigenvalue weighted by Crippen LogP contribution is 2.27. The van der Waals surface area contributed by atoms with Crippen molar-refractivity contribution < 1.29 is 14.4 Å². The number of benzene rings is 5. The summed E-state index contributed by atoms with van der Waals surface area (Å²) in [5, 5.41) is 3.06. The molecule has 0 aliphatic heterocycles. The monoisotopic (exact) mass is 566 g/mol. The fourth-order valence-electron chi connectivity index (χ4n) is 5.28. The number of carbonyl (C=O) groups is 3. The third-order valence-electron chi connectivity index (χ3n) is 7.70. The molecule has 5 aromatic carbocycles. The van der Waals surface area contributed by atoms with Gasteiger partial charge >= 0.3 is 0 Å². The van der Waals surface area contributed by atoms with E-state index in [0.717, 1.165) is 27.8 Å². The number of nitrogens with one attached hydrogen (secondary N) is 1. The molecule has 0 unspecified atom stereocenters. The third-order valence-corrected chi connectivity index (χ3v) is 7.70. The van der Waals surface area contributed by atoms with Gasteiger partial charge in [0, 0.05) is 19.4 Å². The Morgan fingerprint density at radius 3 is 1.35 bits per heavy atom. The highest BCUT2D eigenvalue weighted by Gasteiger charge is 2.42. The van der Waals surface area contributed by atoms with Crippen LogP contribution in [0.4, 0.5) is 0 Å². The molecule has 0 spiro atoms. The van der Waals surface area contributed by atoms with Crippen molar-refractivity contribution in [3.63, 3.8) is 0 Å². The van der Waals surface area contributed by atoms with Crippen LogP contribution in [0.25, 0.3) is 0 Å². The van der Waals surface area contributed by atoms with Crippen molar-refractivity contribution >= 4 is 17.5 Å². The first kappa shape index (κ1) is 29.4. The Morgan fingerprint density at radius 1 is 0.535 bits per heavy atom. The first-order valence-corrected chi connectivity index (χ1v) is 14.4. The van der Waals surface area contributed by atoms with Crippen LogP contribution in [-0.2, 0) is 39.3 Å². The van der Waals surface area contributed by atoms with Crippen LogP contribution < -0.4 is 11.1 Å². The summed E-state index contributed by atoms with van der Waals surface area (Å²) in [6, 6.07) is 45.0. The number of Topliss-reactive ketones (excluding diaryl/α,β-unsaturated/α-hetero) is 2. The number of hydrogen-bond acceptors (Lipinski definition) is 4. The zero-order valence-corrected chi connectivity index (χ0v) is 23.9. The lowest BCUT2D eigenvalue weighted by Crippen LogP contribution is -2.53. The maximum Gasteiger partial charge on any atom is 0.232 e. The molecule has 43 heavy (non-hydrogen) atoms. The molecule has 1 amide bonds. The fraction of sp³-hybridized carbons (Fsp3) is 0.132. The molecule has 5 nitrogen and oxygen atoms in total. The third kappa shape index (κ3) is 7.03. The van der Waals surface area contributed by atoms with Crippen LogP contribution in [-0.4, -0.2) is 17.5 Å². The predicted octanol–water partition coefficient (Wildman–Crippen LogP) is 5.91. The number of amides is 1. The lowest BCUT2D eigenvalue weighted by molar-refractivity contribution is -0.134. The van der Waals surface area contributed by atoms with Gasteiger partial charge in [0.2, 0.25) is 5.91 Å². The van der Waals surface area contributed by atoms with Crippen LogP contribution in [0.3, 0.4) is 0 Å². The Labute approximate surface area is 252 Å². The average molecular weight is 567 g/mol. The van der Waals surface area contributed by atoms with Crippen molar-refractivity contribution in [1.82, 2.24) is 5.32 Å². The number of rotatable bonds is 12. The van der Waals surface area contributed by atoms with Crippen molar-refractivity contribution in [2.75, 3.05) is 0 Å². The minimum absolute atomic E-state index is 0.0377. The van der Waals surface area contributed by atoms with E-state index in [9.17, 15) is 14.4 Å². The average Bonchev–Trinajstić information content (AvgIpc) is 3.05. The molecular weight excluding hydrogens is 532 g/mol. The summed E-state index contributed by atoms with van der Waals surface area (Å²) in [4.78, 5) is 40.9. The standard InChI is InChI=1S/C38H34N2O3/c39-38(34(41)25-28-13-5-1-6-14-28,35(42)26-29-15-7-2-8-16-29)33-23-21-30(22-24-33)27-40-37(43)36(31-17-9-3-10-18-31)32-19-11-4-12-20-32/h1-24,36H,25-27,39H2,(H,40,43). The van der Waals surface area contributed by atoms with Crippen molar-refractivity contribution in [2.45, 2.75) is 30.8 Å². The normalized spacial score (nSPS) is 11.2. The van der Waals surface area contributed by atoms with E-state index in [1.165, 1.54) is 0 Å². The van der Waals surface area contributed by atoms with E-state index in [1.807, 2.05) is 133 Å². The molecule has 3 N–H and O–H groups in total. The van der Waals surface area contributed by atoms with Gasteiger partial charge in [0.05, 0.1) is 5.92 Å². The summed E-state index contributed by atoms with van der Waals surface area (Å²) in [5.74, 6) is -1.31. The molecule has 0 aliphatic carbocycles. The zero-order valence-electron chi connectivity index (χ0n) is 23.9. The Kier molecular flexibility index (Phi) is 9.35. The first-order chi connectivity index (χ1) is 20.9. The molecule has 5 rings (SSSR count). The smallest absolute Gasteiger partial charge is 0.232 e. The van der Waals surface area contributed by atoms with Crippen LogP contribution in [0.1, 0.15) is 39.3 Å². The van der Waals surface area contributed by atoms with E-state index < -0.39 is 11.5 Å². The second-order valence-electron chi connectivity index (χ2n) is 10.6. The zero-order chi connectivity index (χ0) is 30.1. The molecule has 5 aromatic rings. The van der Waals surface area contributed by atoms with Gasteiger partial charge in [0.15, 0.2) is 17.1 Å². The molecule has 0 bridgehead atoms. The first-order valence-electron chi connectivity index (χ1n) is 14.4. The minimum atomic E-state index is -1.82. The van der Waals surface area contributed by atoms with Gasteiger partial charge in [0.1, 0.15) is 0 Å². The van der Waals surface area contributed by atoms with Gasteiger partial charge in [-0.2, -0.15) is 0 Å². The van der Waals surface area contributed by atoms with Crippen LogP contribution in [0.15, 0.2) is 146 Å². The predicted molar refractivity (Wildman–Crippen MR) is 169 cm³/mol. The summed E-state index contributed by atoms with van der Waals surface area (Å²) in [6.07, 6.45) is 0.0755. The summed E-state index contributed by atoms with van der Waals surface area (Å²) in [7, 11) is 0. The lowest BCUT2D eigenvalue weighted by atomic mass is 9.78.